The second-order valence-electron chi connectivity index (χ2n) is 2.82. The Morgan fingerprint density at radius 3 is 2.36 bits per heavy atom. The summed E-state index contributed by atoms with van der Waals surface area (Å²) < 4.78 is 25.5. The van der Waals surface area contributed by atoms with Gasteiger partial charge in [0.05, 0.1) is 0 Å². The van der Waals surface area contributed by atoms with Gasteiger partial charge in [0.15, 0.2) is 17.4 Å². The van der Waals surface area contributed by atoms with Gasteiger partial charge in [-0.3, -0.25) is 4.79 Å². The van der Waals surface area contributed by atoms with E-state index in [9.17, 15) is 13.6 Å². The summed E-state index contributed by atoms with van der Waals surface area (Å²) in [5.74, 6) is -3.37. The molecular weight excluding hydrogens is 192 g/mol. The molecule has 0 atom stereocenters. The van der Waals surface area contributed by atoms with Gasteiger partial charge in [0.1, 0.15) is 0 Å². The number of nitrogens with one attached hydrogen (secondary N) is 1. The molecule has 1 amide bonds. The number of phenols is 1. The highest BCUT2D eigenvalue weighted by Gasteiger charge is 2.09. The predicted molar refractivity (Wildman–Crippen MR) is 45.5 cm³/mol. The van der Waals surface area contributed by atoms with Crippen molar-refractivity contribution in [2.45, 2.75) is 13.5 Å². The zero-order chi connectivity index (χ0) is 10.7. The highest BCUT2D eigenvalue weighted by Crippen LogP contribution is 2.21. The van der Waals surface area contributed by atoms with Crippen molar-refractivity contribution in [1.82, 2.24) is 5.32 Å². The van der Waals surface area contributed by atoms with Crippen LogP contribution in [0.5, 0.6) is 5.75 Å². The third-order valence-corrected chi connectivity index (χ3v) is 1.62. The number of rotatable bonds is 2. The Bertz CT molecular complexity index is 343. The SMILES string of the molecule is CC(=O)NCc1cc(F)c(O)c(F)c1. The van der Waals surface area contributed by atoms with Gasteiger partial charge in [0.2, 0.25) is 5.91 Å². The van der Waals surface area contributed by atoms with Crippen molar-refractivity contribution in [2.75, 3.05) is 0 Å². The second-order valence-corrected chi connectivity index (χ2v) is 2.82. The molecular formula is C9H9F2NO2. The highest BCUT2D eigenvalue weighted by atomic mass is 19.1. The van der Waals surface area contributed by atoms with E-state index < -0.39 is 17.4 Å². The number of phenolic OH excluding ortho intramolecular Hbond substituents is 1. The molecule has 0 saturated heterocycles. The molecule has 0 spiro atoms. The third kappa shape index (κ3) is 2.42. The summed E-state index contributed by atoms with van der Waals surface area (Å²) in [5, 5.41) is 11.2. The number of halogens is 2. The number of carbonyl (C=O) groups excluding carboxylic acids is 1. The van der Waals surface area contributed by atoms with Crippen molar-refractivity contribution in [2.24, 2.45) is 0 Å². The van der Waals surface area contributed by atoms with Crippen molar-refractivity contribution < 1.29 is 18.7 Å². The fraction of sp³-hybridized carbons (Fsp3) is 0.222. The van der Waals surface area contributed by atoms with Gasteiger partial charge in [0.25, 0.3) is 0 Å². The van der Waals surface area contributed by atoms with Crippen LogP contribution >= 0.6 is 0 Å². The van der Waals surface area contributed by atoms with Gasteiger partial charge in [-0.25, -0.2) is 8.78 Å². The first kappa shape index (κ1) is 10.4. The summed E-state index contributed by atoms with van der Waals surface area (Å²) in [6, 6.07) is 1.93. The number of hydrogen-bond acceptors (Lipinski definition) is 2. The van der Waals surface area contributed by atoms with Crippen LogP contribution in [0.4, 0.5) is 8.78 Å². The summed E-state index contributed by atoms with van der Waals surface area (Å²) in [5.41, 5.74) is 0.257. The van der Waals surface area contributed by atoms with E-state index in [0.29, 0.717) is 0 Å². The molecule has 0 fully saturated rings. The quantitative estimate of drug-likeness (QED) is 0.757. The minimum Gasteiger partial charge on any atom is -0.503 e. The van der Waals surface area contributed by atoms with Crippen LogP contribution in [0.25, 0.3) is 0 Å². The van der Waals surface area contributed by atoms with E-state index in [1.165, 1.54) is 6.92 Å². The molecule has 0 unspecified atom stereocenters. The first-order valence-corrected chi connectivity index (χ1v) is 3.92. The molecule has 76 valence electrons. The van der Waals surface area contributed by atoms with E-state index in [-0.39, 0.29) is 18.0 Å². The Balaban J connectivity index is 2.84. The minimum atomic E-state index is -1.04. The topological polar surface area (TPSA) is 49.3 Å². The van der Waals surface area contributed by atoms with Crippen molar-refractivity contribution in [1.29, 1.82) is 0 Å². The molecule has 14 heavy (non-hydrogen) atoms. The standard InChI is InChI=1S/C9H9F2NO2/c1-5(13)12-4-6-2-7(10)9(14)8(11)3-6/h2-3,14H,4H2,1H3,(H,12,13). The van der Waals surface area contributed by atoms with Crippen molar-refractivity contribution in [3.05, 3.63) is 29.3 Å². The fourth-order valence-electron chi connectivity index (χ4n) is 0.947. The molecule has 0 aliphatic carbocycles. The highest BCUT2D eigenvalue weighted by molar-refractivity contribution is 5.72. The van der Waals surface area contributed by atoms with Crippen LogP contribution in [0.3, 0.4) is 0 Å². The van der Waals surface area contributed by atoms with Crippen LogP contribution in [0.2, 0.25) is 0 Å². The molecule has 0 aliphatic rings. The summed E-state index contributed by atoms with van der Waals surface area (Å²) in [4.78, 5) is 10.5. The Morgan fingerprint density at radius 2 is 1.93 bits per heavy atom. The van der Waals surface area contributed by atoms with Crippen molar-refractivity contribution >= 4 is 5.91 Å². The van der Waals surface area contributed by atoms with Crippen molar-refractivity contribution in [3.63, 3.8) is 0 Å². The molecule has 0 aromatic heterocycles. The molecule has 1 rings (SSSR count). The maximum Gasteiger partial charge on any atom is 0.217 e. The molecule has 0 radical (unpaired) electrons. The Labute approximate surface area is 79.4 Å². The lowest BCUT2D eigenvalue weighted by Gasteiger charge is -2.04. The lowest BCUT2D eigenvalue weighted by molar-refractivity contribution is -0.119. The van der Waals surface area contributed by atoms with E-state index in [1.54, 1.807) is 0 Å². The van der Waals surface area contributed by atoms with E-state index in [1.807, 2.05) is 0 Å². The second kappa shape index (κ2) is 4.04. The van der Waals surface area contributed by atoms with Gasteiger partial charge in [0, 0.05) is 13.5 Å². The summed E-state index contributed by atoms with van der Waals surface area (Å²) in [6.45, 7) is 1.33. The van der Waals surface area contributed by atoms with Gasteiger partial charge in [-0.15, -0.1) is 0 Å². The third-order valence-electron chi connectivity index (χ3n) is 1.62. The smallest absolute Gasteiger partial charge is 0.217 e. The maximum absolute atomic E-state index is 12.8. The number of aromatic hydroxyl groups is 1. The van der Waals surface area contributed by atoms with Gasteiger partial charge in [-0.05, 0) is 17.7 Å². The average Bonchev–Trinajstić information content (AvgIpc) is 2.10. The van der Waals surface area contributed by atoms with Crippen LogP contribution in [-0.4, -0.2) is 11.0 Å². The first-order chi connectivity index (χ1) is 6.50. The van der Waals surface area contributed by atoms with E-state index in [0.717, 1.165) is 12.1 Å². The number of amides is 1. The molecule has 5 heteroatoms. The van der Waals surface area contributed by atoms with Crippen LogP contribution in [0.15, 0.2) is 12.1 Å². The molecule has 2 N–H and O–H groups in total. The van der Waals surface area contributed by atoms with Crippen LogP contribution < -0.4 is 5.32 Å². The predicted octanol–water partition coefficient (Wildman–Crippen LogP) is 1.31. The number of benzene rings is 1. The van der Waals surface area contributed by atoms with E-state index >= 15 is 0 Å². The lowest BCUT2D eigenvalue weighted by atomic mass is 10.2. The molecule has 0 saturated carbocycles. The summed E-state index contributed by atoms with van der Waals surface area (Å²) in [7, 11) is 0. The largest absolute Gasteiger partial charge is 0.503 e. The zero-order valence-corrected chi connectivity index (χ0v) is 7.47. The normalized spacial score (nSPS) is 9.93. The first-order valence-electron chi connectivity index (χ1n) is 3.92. The van der Waals surface area contributed by atoms with Crippen LogP contribution in [0.1, 0.15) is 12.5 Å². The van der Waals surface area contributed by atoms with Crippen molar-refractivity contribution in [3.8, 4) is 5.75 Å². The van der Waals surface area contributed by atoms with Crippen LogP contribution in [-0.2, 0) is 11.3 Å². The Kier molecular flexibility index (Phi) is 3.01. The molecule has 0 bridgehead atoms. The van der Waals surface area contributed by atoms with Gasteiger partial charge in [-0.1, -0.05) is 0 Å². The van der Waals surface area contributed by atoms with Gasteiger partial charge in [-0.2, -0.15) is 0 Å². The molecule has 3 nitrogen and oxygen atoms in total. The fourth-order valence-corrected chi connectivity index (χ4v) is 0.947. The summed E-state index contributed by atoms with van der Waals surface area (Å²) in [6.07, 6.45) is 0. The van der Waals surface area contributed by atoms with E-state index in [4.69, 9.17) is 5.11 Å². The molecule has 0 heterocycles. The maximum atomic E-state index is 12.8. The minimum absolute atomic E-state index is 0.0312. The summed E-state index contributed by atoms with van der Waals surface area (Å²) >= 11 is 0. The number of hydrogen-bond donors (Lipinski definition) is 2. The zero-order valence-electron chi connectivity index (χ0n) is 7.47. The van der Waals surface area contributed by atoms with Gasteiger partial charge >= 0.3 is 0 Å². The molecule has 0 aliphatic heterocycles. The van der Waals surface area contributed by atoms with Gasteiger partial charge < -0.3 is 10.4 Å². The molecule has 1 aromatic carbocycles. The lowest BCUT2D eigenvalue weighted by Crippen LogP contribution is -2.19. The van der Waals surface area contributed by atoms with Crippen LogP contribution in [0, 0.1) is 11.6 Å². The number of carbonyl (C=O) groups is 1. The van der Waals surface area contributed by atoms with E-state index in [2.05, 4.69) is 5.32 Å². The molecule has 1 aromatic rings. The monoisotopic (exact) mass is 201 g/mol. The Morgan fingerprint density at radius 1 is 1.43 bits per heavy atom. The Hall–Kier alpha value is -1.65. The average molecular weight is 201 g/mol.